The van der Waals surface area contributed by atoms with Gasteiger partial charge in [-0.25, -0.2) is 0 Å². The van der Waals surface area contributed by atoms with Crippen LogP contribution in [0.4, 0.5) is 0 Å². The van der Waals surface area contributed by atoms with E-state index in [0.717, 1.165) is 5.69 Å². The van der Waals surface area contributed by atoms with Gasteiger partial charge in [-0.3, -0.25) is 4.68 Å². The molecule has 0 amide bonds. The molecule has 0 saturated carbocycles. The molecule has 0 saturated heterocycles. The van der Waals surface area contributed by atoms with E-state index in [1.807, 2.05) is 13.1 Å². The quantitative estimate of drug-likeness (QED) is 0.436. The molecule has 0 unspecified atom stereocenters. The maximum Gasteiger partial charge on any atom is 0.129 e. The molecule has 12 heavy (non-hydrogen) atoms. The average molecular weight is 178 g/mol. The summed E-state index contributed by atoms with van der Waals surface area (Å²) in [6.45, 7) is 6.70. The molecule has 0 bridgehead atoms. The van der Waals surface area contributed by atoms with Crippen molar-refractivity contribution in [1.29, 1.82) is 0 Å². The Kier molecular flexibility index (Phi) is 2.39. The van der Waals surface area contributed by atoms with Gasteiger partial charge in [0.1, 0.15) is 13.8 Å². The van der Waals surface area contributed by atoms with E-state index in [1.165, 1.54) is 0 Å². The molecule has 1 heterocycles. The highest BCUT2D eigenvalue weighted by atomic mass is 28.3. The van der Waals surface area contributed by atoms with Crippen LogP contribution in [0.2, 0.25) is 19.6 Å². The predicted molar refractivity (Wildman–Crippen MR) is 53.4 cm³/mol. The predicted octanol–water partition coefficient (Wildman–Crippen LogP) is 1.65. The maximum absolute atomic E-state index is 4.05. The Morgan fingerprint density at radius 1 is 1.42 bits per heavy atom. The van der Waals surface area contributed by atoms with Gasteiger partial charge in [0, 0.05) is 7.05 Å². The van der Waals surface area contributed by atoms with Crippen molar-refractivity contribution in [2.24, 2.45) is 7.05 Å². The van der Waals surface area contributed by atoms with Crippen LogP contribution in [0.25, 0.3) is 0 Å². The highest BCUT2D eigenvalue weighted by Crippen LogP contribution is 1.99. The van der Waals surface area contributed by atoms with Crippen molar-refractivity contribution in [3.8, 4) is 11.5 Å². The lowest BCUT2D eigenvalue weighted by Gasteiger charge is -2.03. The van der Waals surface area contributed by atoms with E-state index >= 15 is 0 Å². The first-order valence-electron chi connectivity index (χ1n) is 4.00. The van der Waals surface area contributed by atoms with Crippen LogP contribution in [0.1, 0.15) is 5.69 Å². The molecule has 0 aliphatic rings. The number of aryl methyl sites for hydroxylation is 1. The van der Waals surface area contributed by atoms with E-state index < -0.39 is 8.07 Å². The summed E-state index contributed by atoms with van der Waals surface area (Å²) in [7, 11) is 0.672. The van der Waals surface area contributed by atoms with Gasteiger partial charge in [-0.15, -0.1) is 5.54 Å². The molecule has 0 aromatic carbocycles. The minimum absolute atomic E-state index is 0.998. The van der Waals surface area contributed by atoms with Crippen LogP contribution < -0.4 is 0 Å². The van der Waals surface area contributed by atoms with Gasteiger partial charge in [0.05, 0.1) is 6.20 Å². The topological polar surface area (TPSA) is 17.8 Å². The summed E-state index contributed by atoms with van der Waals surface area (Å²) in [4.78, 5) is 0. The Labute approximate surface area is 74.6 Å². The second kappa shape index (κ2) is 3.16. The first kappa shape index (κ1) is 9.08. The highest BCUT2D eigenvalue weighted by molar-refractivity contribution is 6.83. The molecule has 1 aromatic heterocycles. The third kappa shape index (κ3) is 2.55. The molecule has 1 aromatic rings. The van der Waals surface area contributed by atoms with Gasteiger partial charge in [-0.1, -0.05) is 25.6 Å². The van der Waals surface area contributed by atoms with Crippen molar-refractivity contribution in [1.82, 2.24) is 9.78 Å². The second-order valence-corrected chi connectivity index (χ2v) is 8.59. The fourth-order valence-electron chi connectivity index (χ4n) is 0.748. The number of hydrogen-bond donors (Lipinski definition) is 0. The van der Waals surface area contributed by atoms with Gasteiger partial charge in [0.15, 0.2) is 0 Å². The Morgan fingerprint density at radius 2 is 2.08 bits per heavy atom. The van der Waals surface area contributed by atoms with Crippen LogP contribution in [-0.2, 0) is 7.05 Å². The second-order valence-electron chi connectivity index (χ2n) is 3.84. The summed E-state index contributed by atoms with van der Waals surface area (Å²) in [5.74, 6) is 3.15. The maximum atomic E-state index is 4.05. The molecule has 0 spiro atoms. The van der Waals surface area contributed by atoms with E-state index in [-0.39, 0.29) is 0 Å². The number of rotatable bonds is 0. The molecule has 0 atom stereocenters. The van der Waals surface area contributed by atoms with Crippen molar-refractivity contribution in [2.45, 2.75) is 19.6 Å². The summed E-state index contributed by atoms with van der Waals surface area (Å²) in [6, 6.07) is 1.94. The lowest BCUT2D eigenvalue weighted by Crippen LogP contribution is -2.16. The van der Waals surface area contributed by atoms with E-state index in [9.17, 15) is 0 Å². The molecule has 0 aliphatic heterocycles. The molecule has 0 N–H and O–H groups in total. The summed E-state index contributed by atoms with van der Waals surface area (Å²) in [6.07, 6.45) is 1.77. The molecular formula is C9H14N2Si. The van der Waals surface area contributed by atoms with E-state index in [4.69, 9.17) is 0 Å². The highest BCUT2D eigenvalue weighted by Gasteiger charge is 2.07. The normalized spacial score (nSPS) is 10.7. The number of hydrogen-bond acceptors (Lipinski definition) is 1. The minimum atomic E-state index is -1.24. The van der Waals surface area contributed by atoms with E-state index in [0.29, 0.717) is 0 Å². The van der Waals surface area contributed by atoms with Crippen LogP contribution in [0.15, 0.2) is 12.3 Å². The van der Waals surface area contributed by atoms with Crippen LogP contribution in [0, 0.1) is 11.5 Å². The van der Waals surface area contributed by atoms with Crippen molar-refractivity contribution < 1.29 is 0 Å². The average Bonchev–Trinajstić information content (AvgIpc) is 2.29. The van der Waals surface area contributed by atoms with Crippen LogP contribution in [0.5, 0.6) is 0 Å². The zero-order valence-electron chi connectivity index (χ0n) is 8.05. The minimum Gasteiger partial charge on any atom is -0.260 e. The molecule has 2 nitrogen and oxygen atoms in total. The van der Waals surface area contributed by atoms with E-state index in [1.54, 1.807) is 10.9 Å². The van der Waals surface area contributed by atoms with Crippen molar-refractivity contribution in [3.05, 3.63) is 18.0 Å². The first-order chi connectivity index (χ1) is 5.49. The Balaban J connectivity index is 2.87. The molecule has 3 heteroatoms. The number of aromatic nitrogens is 2. The van der Waals surface area contributed by atoms with Gasteiger partial charge in [0.2, 0.25) is 0 Å². The monoisotopic (exact) mass is 178 g/mol. The first-order valence-corrected chi connectivity index (χ1v) is 7.50. The summed E-state index contributed by atoms with van der Waals surface area (Å²) >= 11 is 0. The lowest BCUT2D eigenvalue weighted by atomic mass is 10.4. The third-order valence-corrected chi connectivity index (χ3v) is 2.26. The molecule has 1 rings (SSSR count). The zero-order valence-corrected chi connectivity index (χ0v) is 9.05. The number of nitrogens with zero attached hydrogens (tertiary/aromatic N) is 2. The fourth-order valence-corrected chi connectivity index (χ4v) is 1.25. The van der Waals surface area contributed by atoms with E-state index in [2.05, 4.69) is 36.2 Å². The van der Waals surface area contributed by atoms with Crippen LogP contribution >= 0.6 is 0 Å². The van der Waals surface area contributed by atoms with Gasteiger partial charge in [-0.2, -0.15) is 5.10 Å². The largest absolute Gasteiger partial charge is 0.260 e. The molecule has 0 radical (unpaired) electrons. The molecular weight excluding hydrogens is 164 g/mol. The SMILES string of the molecule is Cn1nccc1C#C[Si](C)(C)C. The summed E-state index contributed by atoms with van der Waals surface area (Å²) < 4.78 is 1.80. The van der Waals surface area contributed by atoms with Gasteiger partial charge in [0.25, 0.3) is 0 Å². The Bertz CT molecular complexity index is 322. The third-order valence-electron chi connectivity index (χ3n) is 1.39. The Morgan fingerprint density at radius 3 is 2.50 bits per heavy atom. The fraction of sp³-hybridized carbons (Fsp3) is 0.444. The smallest absolute Gasteiger partial charge is 0.129 e. The van der Waals surface area contributed by atoms with Gasteiger partial charge in [-0.05, 0) is 6.07 Å². The summed E-state index contributed by atoms with van der Waals surface area (Å²) in [5, 5.41) is 4.05. The van der Waals surface area contributed by atoms with Crippen molar-refractivity contribution in [3.63, 3.8) is 0 Å². The van der Waals surface area contributed by atoms with Crippen molar-refractivity contribution in [2.75, 3.05) is 0 Å². The zero-order chi connectivity index (χ0) is 9.19. The van der Waals surface area contributed by atoms with Gasteiger partial charge >= 0.3 is 0 Å². The molecule has 64 valence electrons. The Hall–Kier alpha value is -1.01. The summed E-state index contributed by atoms with van der Waals surface area (Å²) in [5.41, 5.74) is 4.29. The van der Waals surface area contributed by atoms with Gasteiger partial charge < -0.3 is 0 Å². The molecule has 0 fully saturated rings. The standard InChI is InChI=1S/C9H14N2Si/c1-11-9(5-7-10-11)6-8-12(2,3)4/h5,7H,1-4H3. The van der Waals surface area contributed by atoms with Crippen LogP contribution in [-0.4, -0.2) is 17.9 Å². The van der Waals surface area contributed by atoms with Crippen molar-refractivity contribution >= 4 is 8.07 Å². The molecule has 0 aliphatic carbocycles. The van der Waals surface area contributed by atoms with Crippen LogP contribution in [0.3, 0.4) is 0 Å². The lowest BCUT2D eigenvalue weighted by molar-refractivity contribution is 0.757.